The van der Waals surface area contributed by atoms with Crippen molar-refractivity contribution in [1.82, 2.24) is 5.32 Å². The summed E-state index contributed by atoms with van der Waals surface area (Å²) in [7, 11) is 0. The van der Waals surface area contributed by atoms with Gasteiger partial charge in [0.1, 0.15) is 0 Å². The van der Waals surface area contributed by atoms with Gasteiger partial charge in [-0.25, -0.2) is 4.79 Å². The van der Waals surface area contributed by atoms with E-state index in [-0.39, 0.29) is 12.6 Å². The van der Waals surface area contributed by atoms with Crippen molar-refractivity contribution in [2.24, 2.45) is 5.92 Å². The van der Waals surface area contributed by atoms with Gasteiger partial charge in [-0.1, -0.05) is 23.2 Å². The average Bonchev–Trinajstić information content (AvgIpc) is 3.15. The van der Waals surface area contributed by atoms with E-state index >= 15 is 0 Å². The molecule has 1 unspecified atom stereocenters. The van der Waals surface area contributed by atoms with Crippen molar-refractivity contribution in [2.75, 3.05) is 11.9 Å². The maximum absolute atomic E-state index is 11.5. The van der Waals surface area contributed by atoms with Gasteiger partial charge in [0, 0.05) is 12.2 Å². The van der Waals surface area contributed by atoms with Crippen molar-refractivity contribution in [1.29, 1.82) is 0 Å². The number of rotatable bonds is 4. The minimum atomic E-state index is -0.454. The summed E-state index contributed by atoms with van der Waals surface area (Å²) in [4.78, 5) is 11.5. The molecule has 2 rings (SSSR count). The third-order valence-corrected chi connectivity index (χ3v) is 3.55. The van der Waals surface area contributed by atoms with Crippen LogP contribution in [-0.2, 0) is 0 Å². The number of carbonyl (C=O) groups excluding carboxylic acids is 1. The Hall–Kier alpha value is -0.970. The molecule has 4 nitrogen and oxygen atoms in total. The van der Waals surface area contributed by atoms with Gasteiger partial charge in [0.05, 0.1) is 16.1 Å². The molecule has 18 heavy (non-hydrogen) atoms. The second kappa shape index (κ2) is 5.78. The second-order valence-electron chi connectivity index (χ2n) is 4.37. The maximum atomic E-state index is 11.5. The molecule has 0 bridgehead atoms. The molecule has 98 valence electrons. The van der Waals surface area contributed by atoms with Crippen LogP contribution in [0.3, 0.4) is 0 Å². The molecule has 0 spiro atoms. The highest BCUT2D eigenvalue weighted by molar-refractivity contribution is 6.42. The Kier molecular flexibility index (Phi) is 4.32. The van der Waals surface area contributed by atoms with Crippen LogP contribution < -0.4 is 10.6 Å². The Morgan fingerprint density at radius 2 is 2.11 bits per heavy atom. The fourth-order valence-corrected chi connectivity index (χ4v) is 1.89. The first-order valence-corrected chi connectivity index (χ1v) is 6.50. The van der Waals surface area contributed by atoms with E-state index in [1.54, 1.807) is 18.2 Å². The molecule has 0 saturated heterocycles. The number of aliphatic hydroxyl groups is 1. The molecular weight excluding hydrogens is 275 g/mol. The van der Waals surface area contributed by atoms with Gasteiger partial charge in [0.25, 0.3) is 0 Å². The van der Waals surface area contributed by atoms with Crippen LogP contribution in [0.15, 0.2) is 18.2 Å². The number of benzene rings is 1. The summed E-state index contributed by atoms with van der Waals surface area (Å²) in [5, 5.41) is 15.7. The number of aliphatic hydroxyl groups excluding tert-OH is 1. The lowest BCUT2D eigenvalue weighted by atomic mass is 10.2. The lowest BCUT2D eigenvalue weighted by molar-refractivity contribution is 0.150. The minimum Gasteiger partial charge on any atom is -0.391 e. The van der Waals surface area contributed by atoms with Crippen molar-refractivity contribution in [3.63, 3.8) is 0 Å². The van der Waals surface area contributed by atoms with Crippen LogP contribution >= 0.6 is 23.2 Å². The van der Waals surface area contributed by atoms with Gasteiger partial charge in [-0.2, -0.15) is 0 Å². The quantitative estimate of drug-likeness (QED) is 0.798. The number of carbonyl (C=O) groups is 1. The molecule has 1 atom stereocenters. The molecule has 1 aliphatic rings. The smallest absolute Gasteiger partial charge is 0.319 e. The van der Waals surface area contributed by atoms with Crippen molar-refractivity contribution in [3.05, 3.63) is 28.2 Å². The van der Waals surface area contributed by atoms with Crippen LogP contribution in [0.2, 0.25) is 10.0 Å². The van der Waals surface area contributed by atoms with E-state index in [0.29, 0.717) is 21.7 Å². The molecule has 1 aliphatic carbocycles. The van der Waals surface area contributed by atoms with E-state index in [4.69, 9.17) is 23.2 Å². The number of urea groups is 1. The maximum Gasteiger partial charge on any atom is 0.319 e. The molecule has 3 N–H and O–H groups in total. The summed E-state index contributed by atoms with van der Waals surface area (Å²) in [5.74, 6) is 0.343. The summed E-state index contributed by atoms with van der Waals surface area (Å²) in [6.07, 6.45) is 1.62. The number of nitrogens with one attached hydrogen (secondary N) is 2. The molecule has 0 aromatic heterocycles. The fraction of sp³-hybridized carbons (Fsp3) is 0.417. The highest BCUT2D eigenvalue weighted by Crippen LogP contribution is 2.32. The standard InChI is InChI=1S/C12H14Cl2N2O2/c13-9-4-3-8(5-10(9)14)16-12(18)15-6-11(17)7-1-2-7/h3-5,7,11,17H,1-2,6H2,(H2,15,16,18). The predicted octanol–water partition coefficient (Wildman–Crippen LogP) is 2.89. The van der Waals surface area contributed by atoms with Crippen LogP contribution in [0.1, 0.15) is 12.8 Å². The van der Waals surface area contributed by atoms with Gasteiger partial charge in [-0.3, -0.25) is 0 Å². The molecule has 2 amide bonds. The zero-order chi connectivity index (χ0) is 13.1. The predicted molar refractivity (Wildman–Crippen MR) is 72.2 cm³/mol. The topological polar surface area (TPSA) is 61.4 Å². The summed E-state index contributed by atoms with van der Waals surface area (Å²) >= 11 is 11.6. The van der Waals surface area contributed by atoms with E-state index < -0.39 is 6.10 Å². The summed E-state index contributed by atoms with van der Waals surface area (Å²) in [6, 6.07) is 4.47. The van der Waals surface area contributed by atoms with Crippen molar-refractivity contribution in [2.45, 2.75) is 18.9 Å². The third-order valence-electron chi connectivity index (χ3n) is 2.82. The molecule has 1 aromatic rings. The number of anilines is 1. The molecule has 1 aromatic carbocycles. The fourth-order valence-electron chi connectivity index (χ4n) is 1.59. The zero-order valence-electron chi connectivity index (χ0n) is 9.62. The highest BCUT2D eigenvalue weighted by Gasteiger charge is 2.29. The van der Waals surface area contributed by atoms with Gasteiger partial charge in [-0.15, -0.1) is 0 Å². The average molecular weight is 289 g/mol. The normalized spacial score (nSPS) is 16.2. The first kappa shape index (κ1) is 13.5. The Morgan fingerprint density at radius 3 is 2.72 bits per heavy atom. The van der Waals surface area contributed by atoms with Crippen molar-refractivity contribution in [3.8, 4) is 0 Å². The molecule has 0 heterocycles. The number of halogens is 2. The monoisotopic (exact) mass is 288 g/mol. The first-order chi connectivity index (χ1) is 8.56. The zero-order valence-corrected chi connectivity index (χ0v) is 11.1. The second-order valence-corrected chi connectivity index (χ2v) is 5.18. The van der Waals surface area contributed by atoms with E-state index in [1.807, 2.05) is 0 Å². The third kappa shape index (κ3) is 3.77. The summed E-state index contributed by atoms with van der Waals surface area (Å²) in [6.45, 7) is 0.262. The van der Waals surface area contributed by atoms with Gasteiger partial charge >= 0.3 is 6.03 Å². The molecule has 1 fully saturated rings. The van der Waals surface area contributed by atoms with E-state index in [9.17, 15) is 9.90 Å². The highest BCUT2D eigenvalue weighted by atomic mass is 35.5. The Balaban J connectivity index is 1.80. The molecule has 0 aliphatic heterocycles. The SMILES string of the molecule is O=C(NCC(O)C1CC1)Nc1ccc(Cl)c(Cl)c1. The van der Waals surface area contributed by atoms with Gasteiger partial charge < -0.3 is 15.7 Å². The number of amides is 2. The van der Waals surface area contributed by atoms with Crippen LogP contribution in [0.5, 0.6) is 0 Å². The van der Waals surface area contributed by atoms with Crippen LogP contribution in [0, 0.1) is 5.92 Å². The van der Waals surface area contributed by atoms with E-state index in [2.05, 4.69) is 10.6 Å². The Labute approximate surface area is 115 Å². The minimum absolute atomic E-state index is 0.262. The number of hydrogen-bond donors (Lipinski definition) is 3. The number of hydrogen-bond acceptors (Lipinski definition) is 2. The molecule has 1 saturated carbocycles. The summed E-state index contributed by atoms with van der Waals surface area (Å²) < 4.78 is 0. The van der Waals surface area contributed by atoms with Crippen molar-refractivity contribution >= 4 is 34.9 Å². The lowest BCUT2D eigenvalue weighted by Gasteiger charge is -2.11. The van der Waals surface area contributed by atoms with Gasteiger partial charge in [0.15, 0.2) is 0 Å². The van der Waals surface area contributed by atoms with Crippen LogP contribution in [0.25, 0.3) is 0 Å². The first-order valence-electron chi connectivity index (χ1n) is 5.74. The van der Waals surface area contributed by atoms with Crippen LogP contribution in [0.4, 0.5) is 10.5 Å². The lowest BCUT2D eigenvalue weighted by Crippen LogP contribution is -2.36. The Bertz CT molecular complexity index is 450. The molecule has 6 heteroatoms. The summed E-state index contributed by atoms with van der Waals surface area (Å²) in [5.41, 5.74) is 0.558. The Morgan fingerprint density at radius 1 is 1.39 bits per heavy atom. The van der Waals surface area contributed by atoms with Gasteiger partial charge in [0.2, 0.25) is 0 Å². The molecule has 0 radical (unpaired) electrons. The van der Waals surface area contributed by atoms with Gasteiger partial charge in [-0.05, 0) is 37.0 Å². The largest absolute Gasteiger partial charge is 0.391 e. The van der Waals surface area contributed by atoms with Crippen LogP contribution in [-0.4, -0.2) is 23.8 Å². The van der Waals surface area contributed by atoms with E-state index in [0.717, 1.165) is 12.8 Å². The molecular formula is C12H14Cl2N2O2. The van der Waals surface area contributed by atoms with E-state index in [1.165, 1.54) is 0 Å². The van der Waals surface area contributed by atoms with Crippen molar-refractivity contribution < 1.29 is 9.90 Å².